The maximum Gasteiger partial charge on any atom is 0.223 e. The van der Waals surface area contributed by atoms with Crippen LogP contribution in [-0.2, 0) is 17.6 Å². The molecule has 1 amide bonds. The third kappa shape index (κ3) is 7.36. The lowest BCUT2D eigenvalue weighted by atomic mass is 9.95. The van der Waals surface area contributed by atoms with Crippen molar-refractivity contribution < 1.29 is 4.79 Å². The van der Waals surface area contributed by atoms with Gasteiger partial charge in [0.1, 0.15) is 0 Å². The standard InChI is InChI=1S/C23H30N2O.ClH/c26-23(21-15-17-24-18-16-21)25-22(13-11-19-7-3-1-4-8-19)14-12-20-9-5-2-6-10-20;/h1-10,21-22,24H,11-18H2,(H,25,26);1H. The highest BCUT2D eigenvalue weighted by molar-refractivity contribution is 5.85. The summed E-state index contributed by atoms with van der Waals surface area (Å²) in [4.78, 5) is 12.7. The molecule has 3 rings (SSSR count). The second kappa shape index (κ2) is 11.8. The Kier molecular flexibility index (Phi) is 9.37. The normalized spacial score (nSPS) is 14.6. The number of halogens is 1. The third-order valence-electron chi connectivity index (χ3n) is 5.30. The van der Waals surface area contributed by atoms with Crippen LogP contribution in [0, 0.1) is 5.92 Å². The summed E-state index contributed by atoms with van der Waals surface area (Å²) in [6, 6.07) is 21.4. The van der Waals surface area contributed by atoms with Crippen LogP contribution < -0.4 is 10.6 Å². The molecule has 1 fully saturated rings. The predicted molar refractivity (Wildman–Crippen MR) is 114 cm³/mol. The molecule has 0 aliphatic carbocycles. The topological polar surface area (TPSA) is 41.1 Å². The molecule has 1 aliphatic rings. The average molecular weight is 387 g/mol. The minimum absolute atomic E-state index is 0. The van der Waals surface area contributed by atoms with Crippen LogP contribution in [0.3, 0.4) is 0 Å². The number of hydrogen-bond acceptors (Lipinski definition) is 2. The lowest BCUT2D eigenvalue weighted by molar-refractivity contribution is -0.126. The molecule has 146 valence electrons. The van der Waals surface area contributed by atoms with Gasteiger partial charge in [-0.25, -0.2) is 0 Å². The van der Waals surface area contributed by atoms with Gasteiger partial charge in [0.05, 0.1) is 0 Å². The zero-order valence-corrected chi connectivity index (χ0v) is 16.7. The maximum atomic E-state index is 12.7. The van der Waals surface area contributed by atoms with E-state index in [2.05, 4.69) is 71.3 Å². The summed E-state index contributed by atoms with van der Waals surface area (Å²) in [6.45, 7) is 1.91. The summed E-state index contributed by atoms with van der Waals surface area (Å²) in [6.07, 6.45) is 5.91. The van der Waals surface area contributed by atoms with E-state index in [9.17, 15) is 4.79 Å². The molecule has 0 unspecified atom stereocenters. The van der Waals surface area contributed by atoms with Crippen LogP contribution >= 0.6 is 12.4 Å². The zero-order chi connectivity index (χ0) is 18.0. The van der Waals surface area contributed by atoms with Crippen molar-refractivity contribution in [1.82, 2.24) is 10.6 Å². The number of carbonyl (C=O) groups is 1. The van der Waals surface area contributed by atoms with Crippen LogP contribution in [0.1, 0.15) is 36.8 Å². The summed E-state index contributed by atoms with van der Waals surface area (Å²) in [5, 5.41) is 6.70. The van der Waals surface area contributed by atoms with Gasteiger partial charge in [0.25, 0.3) is 0 Å². The first-order valence-corrected chi connectivity index (χ1v) is 9.90. The van der Waals surface area contributed by atoms with Gasteiger partial charge in [0, 0.05) is 12.0 Å². The zero-order valence-electron chi connectivity index (χ0n) is 15.9. The van der Waals surface area contributed by atoms with E-state index in [1.807, 2.05) is 0 Å². The lowest BCUT2D eigenvalue weighted by Gasteiger charge is -2.25. The Balaban J connectivity index is 0.00000261. The van der Waals surface area contributed by atoms with E-state index in [4.69, 9.17) is 0 Å². The van der Waals surface area contributed by atoms with Gasteiger partial charge in [-0.05, 0) is 62.7 Å². The first-order chi connectivity index (χ1) is 12.8. The summed E-state index contributed by atoms with van der Waals surface area (Å²) < 4.78 is 0. The highest BCUT2D eigenvalue weighted by Gasteiger charge is 2.23. The number of amides is 1. The molecule has 1 saturated heterocycles. The maximum absolute atomic E-state index is 12.7. The molecule has 27 heavy (non-hydrogen) atoms. The molecule has 4 heteroatoms. The SMILES string of the molecule is Cl.O=C(NC(CCc1ccccc1)CCc1ccccc1)C1CCNCC1. The Morgan fingerprint density at radius 3 is 1.85 bits per heavy atom. The molecule has 2 N–H and O–H groups in total. The van der Waals surface area contributed by atoms with E-state index < -0.39 is 0 Å². The molecular weight excluding hydrogens is 356 g/mol. The lowest BCUT2D eigenvalue weighted by Crippen LogP contribution is -2.43. The molecule has 1 aliphatic heterocycles. The molecule has 1 heterocycles. The number of carbonyl (C=O) groups excluding carboxylic acids is 1. The number of benzene rings is 2. The van der Waals surface area contributed by atoms with Crippen molar-refractivity contribution in [3.05, 3.63) is 71.8 Å². The summed E-state index contributed by atoms with van der Waals surface area (Å²) >= 11 is 0. The van der Waals surface area contributed by atoms with Crippen molar-refractivity contribution in [3.8, 4) is 0 Å². The fourth-order valence-corrected chi connectivity index (χ4v) is 3.66. The molecule has 2 aromatic carbocycles. The highest BCUT2D eigenvalue weighted by Crippen LogP contribution is 2.15. The molecule has 0 atom stereocenters. The van der Waals surface area contributed by atoms with Gasteiger partial charge in [-0.15, -0.1) is 12.4 Å². The van der Waals surface area contributed by atoms with E-state index in [1.165, 1.54) is 11.1 Å². The molecule has 0 bridgehead atoms. The predicted octanol–water partition coefficient (Wildman–Crippen LogP) is 4.16. The van der Waals surface area contributed by atoms with Crippen LogP contribution in [0.4, 0.5) is 0 Å². The Morgan fingerprint density at radius 2 is 1.37 bits per heavy atom. The minimum atomic E-state index is 0. The van der Waals surface area contributed by atoms with Crippen molar-refractivity contribution in [2.45, 2.75) is 44.6 Å². The van der Waals surface area contributed by atoms with Gasteiger partial charge in [-0.3, -0.25) is 4.79 Å². The van der Waals surface area contributed by atoms with Crippen LogP contribution in [-0.4, -0.2) is 25.0 Å². The molecule has 0 saturated carbocycles. The number of piperidine rings is 1. The van der Waals surface area contributed by atoms with Crippen molar-refractivity contribution in [3.63, 3.8) is 0 Å². The molecule has 0 spiro atoms. The van der Waals surface area contributed by atoms with Crippen LogP contribution in [0.5, 0.6) is 0 Å². The van der Waals surface area contributed by atoms with Gasteiger partial charge in [-0.2, -0.15) is 0 Å². The van der Waals surface area contributed by atoms with Crippen molar-refractivity contribution in [1.29, 1.82) is 0 Å². The first kappa shape index (κ1) is 21.5. The second-order valence-corrected chi connectivity index (χ2v) is 7.28. The minimum Gasteiger partial charge on any atom is -0.353 e. The second-order valence-electron chi connectivity index (χ2n) is 7.28. The Morgan fingerprint density at radius 1 is 0.889 bits per heavy atom. The number of rotatable bonds is 8. The molecule has 3 nitrogen and oxygen atoms in total. The largest absolute Gasteiger partial charge is 0.353 e. The number of nitrogens with one attached hydrogen (secondary N) is 2. The van der Waals surface area contributed by atoms with Crippen molar-refractivity contribution in [2.75, 3.05) is 13.1 Å². The monoisotopic (exact) mass is 386 g/mol. The van der Waals surface area contributed by atoms with E-state index >= 15 is 0 Å². The van der Waals surface area contributed by atoms with E-state index in [0.29, 0.717) is 0 Å². The smallest absolute Gasteiger partial charge is 0.223 e. The Labute approximate surface area is 169 Å². The average Bonchev–Trinajstić information content (AvgIpc) is 2.72. The van der Waals surface area contributed by atoms with Crippen LogP contribution in [0.25, 0.3) is 0 Å². The molecular formula is C23H31ClN2O. The van der Waals surface area contributed by atoms with Crippen molar-refractivity contribution in [2.24, 2.45) is 5.92 Å². The number of hydrogen-bond donors (Lipinski definition) is 2. The van der Waals surface area contributed by atoms with Gasteiger partial charge in [0.15, 0.2) is 0 Å². The summed E-state index contributed by atoms with van der Waals surface area (Å²) in [7, 11) is 0. The summed E-state index contributed by atoms with van der Waals surface area (Å²) in [5.74, 6) is 0.421. The molecule has 2 aromatic rings. The van der Waals surface area contributed by atoms with E-state index in [1.54, 1.807) is 0 Å². The van der Waals surface area contributed by atoms with Gasteiger partial charge in [0.2, 0.25) is 5.91 Å². The van der Waals surface area contributed by atoms with Gasteiger partial charge in [-0.1, -0.05) is 60.7 Å². The quantitative estimate of drug-likeness (QED) is 0.715. The Hall–Kier alpha value is -1.84. The highest BCUT2D eigenvalue weighted by atomic mass is 35.5. The van der Waals surface area contributed by atoms with Crippen LogP contribution in [0.2, 0.25) is 0 Å². The van der Waals surface area contributed by atoms with Gasteiger partial charge >= 0.3 is 0 Å². The number of aryl methyl sites for hydroxylation is 2. The van der Waals surface area contributed by atoms with E-state index in [-0.39, 0.29) is 30.3 Å². The third-order valence-corrected chi connectivity index (χ3v) is 5.30. The van der Waals surface area contributed by atoms with E-state index in [0.717, 1.165) is 51.6 Å². The Bertz CT molecular complexity index is 613. The molecule has 0 aromatic heterocycles. The summed E-state index contributed by atoms with van der Waals surface area (Å²) in [5.41, 5.74) is 2.68. The molecule has 0 radical (unpaired) electrons. The van der Waals surface area contributed by atoms with Crippen LogP contribution in [0.15, 0.2) is 60.7 Å². The van der Waals surface area contributed by atoms with Gasteiger partial charge < -0.3 is 10.6 Å². The fraction of sp³-hybridized carbons (Fsp3) is 0.435. The van der Waals surface area contributed by atoms with Crippen molar-refractivity contribution >= 4 is 18.3 Å². The fourth-order valence-electron chi connectivity index (χ4n) is 3.66. The first-order valence-electron chi connectivity index (χ1n) is 9.90.